The lowest BCUT2D eigenvalue weighted by Gasteiger charge is -2.49. The summed E-state index contributed by atoms with van der Waals surface area (Å²) in [7, 11) is 2.19. The van der Waals surface area contributed by atoms with Gasteiger partial charge in [-0.1, -0.05) is 0 Å². The van der Waals surface area contributed by atoms with Gasteiger partial charge in [0.15, 0.2) is 0 Å². The fraction of sp³-hybridized carbons (Fsp3) is 0.958. The molecule has 0 aromatic carbocycles. The number of hydrogen-bond acceptors (Lipinski definition) is 6. The van der Waals surface area contributed by atoms with E-state index < -0.39 is 0 Å². The molecule has 5 fully saturated rings. The smallest absolute Gasteiger partial charge is 0.0686 e. The van der Waals surface area contributed by atoms with E-state index in [1.165, 1.54) is 58.0 Å². The number of hydrazine groups is 2. The Morgan fingerprint density at radius 2 is 1.67 bits per heavy atom. The molecule has 0 radical (unpaired) electrons. The third-order valence-electron chi connectivity index (χ3n) is 9.74. The van der Waals surface area contributed by atoms with Gasteiger partial charge < -0.3 is 5.32 Å². The van der Waals surface area contributed by atoms with E-state index in [0.29, 0.717) is 24.0 Å². The van der Waals surface area contributed by atoms with E-state index in [0.717, 1.165) is 36.1 Å². The van der Waals surface area contributed by atoms with Gasteiger partial charge in [-0.3, -0.25) is 16.3 Å². The van der Waals surface area contributed by atoms with Crippen molar-refractivity contribution in [2.24, 2.45) is 40.9 Å². The molecular weight excluding hydrogens is 372 g/mol. The SMILES string of the molecule is CN1CC(C2CCC3NCC4NNC(C5CCC(C(C)(C)C#N)CC5)C4C3C2)CN1. The molecule has 5 aliphatic rings. The van der Waals surface area contributed by atoms with Gasteiger partial charge in [0, 0.05) is 44.8 Å². The van der Waals surface area contributed by atoms with Crippen LogP contribution in [0.5, 0.6) is 0 Å². The summed E-state index contributed by atoms with van der Waals surface area (Å²) in [5.74, 6) is 4.58. The molecule has 5 rings (SSSR count). The quantitative estimate of drug-likeness (QED) is 0.568. The molecular formula is C24H42N6. The molecule has 6 heteroatoms. The number of nitrogens with one attached hydrogen (secondary N) is 4. The van der Waals surface area contributed by atoms with Gasteiger partial charge in [-0.2, -0.15) is 5.26 Å². The maximum absolute atomic E-state index is 9.55. The van der Waals surface area contributed by atoms with Gasteiger partial charge >= 0.3 is 0 Å². The maximum atomic E-state index is 9.55. The van der Waals surface area contributed by atoms with Crippen LogP contribution in [0.25, 0.3) is 0 Å². The van der Waals surface area contributed by atoms with Crippen molar-refractivity contribution in [3.8, 4) is 6.07 Å². The van der Waals surface area contributed by atoms with Gasteiger partial charge in [0.25, 0.3) is 0 Å². The normalized spacial score (nSPS) is 47.5. The van der Waals surface area contributed by atoms with Gasteiger partial charge in [0.05, 0.1) is 11.5 Å². The zero-order chi connectivity index (χ0) is 20.9. The zero-order valence-electron chi connectivity index (χ0n) is 19.2. The lowest BCUT2D eigenvalue weighted by Crippen LogP contribution is -2.58. The highest BCUT2D eigenvalue weighted by Crippen LogP contribution is 2.48. The topological polar surface area (TPSA) is 75.1 Å². The van der Waals surface area contributed by atoms with Crippen molar-refractivity contribution in [2.45, 2.75) is 76.9 Å². The molecule has 2 saturated carbocycles. The number of fused-ring (bicyclic) bond motifs is 3. The molecule has 168 valence electrons. The van der Waals surface area contributed by atoms with E-state index in [1.54, 1.807) is 0 Å². The minimum Gasteiger partial charge on any atom is -0.312 e. The fourth-order valence-corrected chi connectivity index (χ4v) is 7.82. The van der Waals surface area contributed by atoms with E-state index in [9.17, 15) is 5.26 Å². The number of hydrogen-bond donors (Lipinski definition) is 4. The Hall–Kier alpha value is -0.710. The van der Waals surface area contributed by atoms with Crippen molar-refractivity contribution in [2.75, 3.05) is 26.7 Å². The summed E-state index contributed by atoms with van der Waals surface area (Å²) in [6.07, 6.45) is 9.15. The number of rotatable bonds is 3. The molecule has 3 saturated heterocycles. The van der Waals surface area contributed by atoms with Crippen LogP contribution in [-0.4, -0.2) is 49.8 Å². The monoisotopic (exact) mass is 414 g/mol. The molecule has 6 nitrogen and oxygen atoms in total. The highest BCUT2D eigenvalue weighted by atomic mass is 15.5. The van der Waals surface area contributed by atoms with Gasteiger partial charge in [-0.05, 0) is 94.3 Å². The Kier molecular flexibility index (Phi) is 5.87. The van der Waals surface area contributed by atoms with E-state index in [2.05, 4.69) is 53.6 Å². The third-order valence-corrected chi connectivity index (χ3v) is 9.74. The van der Waals surface area contributed by atoms with Crippen molar-refractivity contribution in [1.29, 1.82) is 5.26 Å². The van der Waals surface area contributed by atoms with Gasteiger partial charge in [-0.25, -0.2) is 5.01 Å². The van der Waals surface area contributed by atoms with Crippen LogP contribution in [0.4, 0.5) is 0 Å². The van der Waals surface area contributed by atoms with Gasteiger partial charge in [0.1, 0.15) is 0 Å². The number of nitrogens with zero attached hydrogens (tertiary/aromatic N) is 2. The Morgan fingerprint density at radius 3 is 2.37 bits per heavy atom. The van der Waals surface area contributed by atoms with E-state index in [1.807, 2.05) is 0 Å². The molecule has 30 heavy (non-hydrogen) atoms. The van der Waals surface area contributed by atoms with E-state index in [4.69, 9.17) is 0 Å². The Labute approximate surface area is 182 Å². The molecule has 2 aliphatic carbocycles. The predicted octanol–water partition coefficient (Wildman–Crippen LogP) is 2.26. The van der Waals surface area contributed by atoms with Crippen LogP contribution < -0.4 is 21.6 Å². The molecule has 3 heterocycles. The Morgan fingerprint density at radius 1 is 0.900 bits per heavy atom. The van der Waals surface area contributed by atoms with Crippen molar-refractivity contribution in [3.05, 3.63) is 0 Å². The van der Waals surface area contributed by atoms with Crippen LogP contribution in [0.2, 0.25) is 0 Å². The number of piperidine rings is 1. The average Bonchev–Trinajstić information content (AvgIpc) is 3.40. The highest BCUT2D eigenvalue weighted by molar-refractivity contribution is 5.08. The van der Waals surface area contributed by atoms with Crippen molar-refractivity contribution < 1.29 is 0 Å². The van der Waals surface area contributed by atoms with Crippen LogP contribution in [0, 0.1) is 52.3 Å². The summed E-state index contributed by atoms with van der Waals surface area (Å²) < 4.78 is 0. The maximum Gasteiger partial charge on any atom is 0.0686 e. The first-order valence-corrected chi connectivity index (χ1v) is 12.6. The van der Waals surface area contributed by atoms with E-state index >= 15 is 0 Å². The van der Waals surface area contributed by atoms with Crippen LogP contribution in [-0.2, 0) is 0 Å². The molecule has 7 atom stereocenters. The molecule has 4 N–H and O–H groups in total. The van der Waals surface area contributed by atoms with Crippen molar-refractivity contribution in [3.63, 3.8) is 0 Å². The third kappa shape index (κ3) is 3.82. The summed E-state index contributed by atoms with van der Waals surface area (Å²) >= 11 is 0. The molecule has 7 unspecified atom stereocenters. The standard InChI is InChI=1S/C24H42N6/c1-24(2,14-25)18-7-4-15(5-8-18)23-22-19-10-16(17-11-27-30(3)13-17)6-9-20(19)26-12-21(22)28-29-23/h15-23,26-29H,4-13H2,1-3H3. The summed E-state index contributed by atoms with van der Waals surface area (Å²) in [5, 5.41) is 15.8. The fourth-order valence-electron chi connectivity index (χ4n) is 7.82. The molecule has 0 amide bonds. The van der Waals surface area contributed by atoms with Crippen LogP contribution >= 0.6 is 0 Å². The molecule has 0 spiro atoms. The highest BCUT2D eigenvalue weighted by Gasteiger charge is 2.52. The summed E-state index contributed by atoms with van der Waals surface area (Å²) in [4.78, 5) is 0. The van der Waals surface area contributed by atoms with Gasteiger partial charge in [0.2, 0.25) is 0 Å². The molecule has 0 aromatic rings. The summed E-state index contributed by atoms with van der Waals surface area (Å²) in [5.41, 5.74) is 10.8. The lowest BCUT2D eigenvalue weighted by atomic mass is 9.60. The van der Waals surface area contributed by atoms with Crippen LogP contribution in [0.15, 0.2) is 0 Å². The van der Waals surface area contributed by atoms with Crippen molar-refractivity contribution in [1.82, 2.24) is 26.6 Å². The first-order valence-electron chi connectivity index (χ1n) is 12.6. The second-order valence-electron chi connectivity index (χ2n) is 11.7. The Balaban J connectivity index is 1.26. The lowest BCUT2D eigenvalue weighted by molar-refractivity contribution is 0.0533. The van der Waals surface area contributed by atoms with Crippen molar-refractivity contribution >= 4 is 0 Å². The minimum absolute atomic E-state index is 0.173. The first kappa shape index (κ1) is 21.2. The Bertz CT molecular complexity index is 651. The summed E-state index contributed by atoms with van der Waals surface area (Å²) in [6.45, 7) is 7.77. The van der Waals surface area contributed by atoms with Crippen LogP contribution in [0.1, 0.15) is 58.8 Å². The minimum atomic E-state index is -0.173. The average molecular weight is 415 g/mol. The first-order chi connectivity index (χ1) is 14.5. The second kappa shape index (κ2) is 8.33. The second-order valence-corrected chi connectivity index (χ2v) is 11.7. The van der Waals surface area contributed by atoms with Crippen LogP contribution in [0.3, 0.4) is 0 Å². The molecule has 0 bridgehead atoms. The summed E-state index contributed by atoms with van der Waals surface area (Å²) in [6, 6.07) is 4.47. The largest absolute Gasteiger partial charge is 0.312 e. The van der Waals surface area contributed by atoms with Gasteiger partial charge in [-0.15, -0.1) is 0 Å². The molecule has 0 aromatic heterocycles. The van der Waals surface area contributed by atoms with E-state index in [-0.39, 0.29) is 5.41 Å². The number of nitriles is 1. The zero-order valence-corrected chi connectivity index (χ0v) is 19.2. The predicted molar refractivity (Wildman–Crippen MR) is 119 cm³/mol. The molecule has 3 aliphatic heterocycles.